The van der Waals surface area contributed by atoms with Crippen LogP contribution in [0.15, 0.2) is 0 Å². The lowest BCUT2D eigenvalue weighted by Crippen LogP contribution is -2.32. The van der Waals surface area contributed by atoms with Crippen LogP contribution in [0.2, 0.25) is 0 Å². The largest absolute Gasteiger partial charge is 0.464 e. The van der Waals surface area contributed by atoms with Gasteiger partial charge in [-0.3, -0.25) is 9.69 Å². The fourth-order valence-corrected chi connectivity index (χ4v) is 6.90. The molecule has 0 unspecified atom stereocenters. The highest BCUT2D eigenvalue weighted by atomic mass is 32.1. The number of aromatic nitrogens is 2. The quantitative estimate of drug-likeness (QED) is 0.427. The molecule has 0 radical (unpaired) electrons. The zero-order valence-corrected chi connectivity index (χ0v) is 21.1. The van der Waals surface area contributed by atoms with E-state index in [1.54, 1.807) is 11.3 Å². The van der Waals surface area contributed by atoms with Gasteiger partial charge in [0.2, 0.25) is 0 Å². The number of rotatable bonds is 10. The summed E-state index contributed by atoms with van der Waals surface area (Å²) in [5, 5.41) is 1.41. The lowest BCUT2D eigenvalue weighted by molar-refractivity contribution is -0.119. The number of fused-ring (bicyclic) bond motifs is 1. The fourth-order valence-electron chi connectivity index (χ4n) is 5.02. The second kappa shape index (κ2) is 11.3. The number of aryl methyl sites for hydroxylation is 2. The summed E-state index contributed by atoms with van der Waals surface area (Å²) in [5.74, 6) is 1.61. The molecule has 33 heavy (non-hydrogen) atoms. The summed E-state index contributed by atoms with van der Waals surface area (Å²) in [5.41, 5.74) is 2.00. The van der Waals surface area contributed by atoms with E-state index >= 15 is 0 Å². The Balaban J connectivity index is 1.15. The van der Waals surface area contributed by atoms with Gasteiger partial charge in [0.05, 0.1) is 16.4 Å². The van der Waals surface area contributed by atoms with Gasteiger partial charge in [0.15, 0.2) is 6.61 Å². The van der Waals surface area contributed by atoms with Gasteiger partial charge >= 0.3 is 0 Å². The van der Waals surface area contributed by atoms with Crippen LogP contribution in [0.5, 0.6) is 5.19 Å². The summed E-state index contributed by atoms with van der Waals surface area (Å²) in [7, 11) is 0. The van der Waals surface area contributed by atoms with Crippen LogP contribution in [0.1, 0.15) is 64.7 Å². The van der Waals surface area contributed by atoms with E-state index in [9.17, 15) is 13.6 Å². The Hall–Kier alpha value is -1.45. The van der Waals surface area contributed by atoms with Crippen LogP contribution in [0, 0.1) is 25.7 Å². The van der Waals surface area contributed by atoms with Crippen molar-refractivity contribution >= 4 is 28.5 Å². The topological polar surface area (TPSA) is 55.3 Å². The summed E-state index contributed by atoms with van der Waals surface area (Å²) in [6.45, 7) is 6.22. The van der Waals surface area contributed by atoms with Crippen molar-refractivity contribution in [2.75, 3.05) is 19.7 Å². The molecule has 5 nitrogen and oxygen atoms in total. The Bertz CT molecular complexity index is 938. The molecule has 0 bridgehead atoms. The van der Waals surface area contributed by atoms with Crippen molar-refractivity contribution in [3.05, 3.63) is 26.1 Å². The van der Waals surface area contributed by atoms with Gasteiger partial charge in [0, 0.05) is 35.7 Å². The molecule has 1 aliphatic carbocycles. The van der Waals surface area contributed by atoms with Crippen molar-refractivity contribution < 1.29 is 18.3 Å². The third kappa shape index (κ3) is 7.02. The number of Topliss-reactive ketones (excluding diaryl/α,β-unsaturated/α-hetero) is 1. The minimum atomic E-state index is -2.47. The van der Waals surface area contributed by atoms with Crippen molar-refractivity contribution in [2.45, 2.75) is 78.2 Å². The molecule has 1 aliphatic heterocycles. The van der Waals surface area contributed by atoms with E-state index in [-0.39, 0.29) is 0 Å². The minimum absolute atomic E-state index is 0.356. The molecule has 0 atom stereocenters. The number of hydrogen-bond donors (Lipinski definition) is 0. The molecule has 2 aromatic rings. The molecule has 0 N–H and O–H groups in total. The summed E-state index contributed by atoms with van der Waals surface area (Å²) in [6.07, 6.45) is 5.58. The highest BCUT2D eigenvalue weighted by molar-refractivity contribution is 7.13. The molecule has 0 saturated heterocycles. The van der Waals surface area contributed by atoms with Crippen molar-refractivity contribution in [1.29, 1.82) is 0 Å². The molecule has 2 aromatic heterocycles. The molecule has 2 aliphatic rings. The Morgan fingerprint density at radius 1 is 1.15 bits per heavy atom. The van der Waals surface area contributed by atoms with Crippen molar-refractivity contribution in [3.63, 3.8) is 0 Å². The zero-order chi connectivity index (χ0) is 23.4. The number of thiazole rings is 2. The van der Waals surface area contributed by atoms with E-state index < -0.39 is 13.0 Å². The molecule has 3 heterocycles. The smallest absolute Gasteiger partial charge is 0.273 e. The standard InChI is InChI=1S/C24H33F2N3O2S2/c1-15-22(32-16(2)27-15)12-19(30)11-18-5-3-17(4-6-18)7-9-29-10-8-21-20(13-29)28-24(33-21)31-14-23(25)26/h17-18,23H,3-14H2,1-2H3. The summed E-state index contributed by atoms with van der Waals surface area (Å²) < 4.78 is 29.8. The van der Waals surface area contributed by atoms with Crippen molar-refractivity contribution in [1.82, 2.24) is 14.9 Å². The average Bonchev–Trinajstić information content (AvgIpc) is 3.32. The second-order valence-electron chi connectivity index (χ2n) is 9.41. The lowest BCUT2D eigenvalue weighted by Gasteiger charge is -2.31. The van der Waals surface area contributed by atoms with Gasteiger partial charge in [-0.15, -0.1) is 11.3 Å². The first-order valence-corrected chi connectivity index (χ1v) is 13.6. The van der Waals surface area contributed by atoms with Gasteiger partial charge in [-0.1, -0.05) is 24.2 Å². The average molecular weight is 498 g/mol. The molecule has 0 aromatic carbocycles. The first-order valence-electron chi connectivity index (χ1n) is 11.9. The predicted molar refractivity (Wildman–Crippen MR) is 128 cm³/mol. The summed E-state index contributed by atoms with van der Waals surface area (Å²) in [6, 6.07) is 0. The van der Waals surface area contributed by atoms with Crippen LogP contribution in [-0.4, -0.2) is 46.8 Å². The Morgan fingerprint density at radius 2 is 1.91 bits per heavy atom. The predicted octanol–water partition coefficient (Wildman–Crippen LogP) is 5.62. The molecule has 1 fully saturated rings. The monoisotopic (exact) mass is 497 g/mol. The zero-order valence-electron chi connectivity index (χ0n) is 19.4. The highest BCUT2D eigenvalue weighted by Crippen LogP contribution is 2.34. The number of ether oxygens (including phenoxy) is 1. The number of carbonyl (C=O) groups excluding carboxylic acids is 1. The van der Waals surface area contributed by atoms with E-state index in [0.29, 0.717) is 29.7 Å². The van der Waals surface area contributed by atoms with Crippen LogP contribution in [-0.2, 0) is 24.2 Å². The number of ketones is 1. The van der Waals surface area contributed by atoms with Crippen LogP contribution < -0.4 is 4.74 Å². The van der Waals surface area contributed by atoms with Gasteiger partial charge in [0.1, 0.15) is 5.78 Å². The van der Waals surface area contributed by atoms with E-state index in [1.807, 2.05) is 13.8 Å². The number of halogens is 2. The van der Waals surface area contributed by atoms with Gasteiger partial charge in [-0.2, -0.15) is 0 Å². The lowest BCUT2D eigenvalue weighted by atomic mass is 9.78. The van der Waals surface area contributed by atoms with Crippen LogP contribution in [0.3, 0.4) is 0 Å². The SMILES string of the molecule is Cc1nc(C)c(CC(=O)CC2CCC(CCN3CCc4sc(OCC(F)F)nc4C3)CC2)s1. The highest BCUT2D eigenvalue weighted by Gasteiger charge is 2.26. The molecule has 1 saturated carbocycles. The minimum Gasteiger partial charge on any atom is -0.464 e. The van der Waals surface area contributed by atoms with E-state index in [0.717, 1.165) is 66.1 Å². The van der Waals surface area contributed by atoms with E-state index in [4.69, 9.17) is 4.74 Å². The first kappa shape index (κ1) is 24.7. The molecule has 0 amide bonds. The van der Waals surface area contributed by atoms with Gasteiger partial charge in [-0.05, 0) is 57.9 Å². The molecule has 182 valence electrons. The third-order valence-electron chi connectivity index (χ3n) is 6.81. The molecular formula is C24H33F2N3O2S2. The Kier molecular flexibility index (Phi) is 8.46. The molecule has 9 heteroatoms. The first-order chi connectivity index (χ1) is 15.9. The summed E-state index contributed by atoms with van der Waals surface area (Å²) in [4.78, 5) is 26.1. The Labute approximate surface area is 202 Å². The normalized spacial score (nSPS) is 21.4. The van der Waals surface area contributed by atoms with E-state index in [2.05, 4.69) is 14.9 Å². The third-order valence-corrected chi connectivity index (χ3v) is 8.96. The van der Waals surface area contributed by atoms with Crippen LogP contribution in [0.25, 0.3) is 0 Å². The van der Waals surface area contributed by atoms with Gasteiger partial charge in [0.25, 0.3) is 11.6 Å². The molecule has 0 spiro atoms. The molecular weight excluding hydrogens is 464 g/mol. The molecule has 4 rings (SSSR count). The van der Waals surface area contributed by atoms with Gasteiger partial charge < -0.3 is 4.74 Å². The van der Waals surface area contributed by atoms with Crippen molar-refractivity contribution in [3.8, 4) is 5.19 Å². The number of carbonyl (C=O) groups is 1. The number of hydrogen-bond acceptors (Lipinski definition) is 7. The number of alkyl halides is 2. The van der Waals surface area contributed by atoms with Crippen LogP contribution >= 0.6 is 22.7 Å². The maximum atomic E-state index is 12.6. The second-order valence-corrected chi connectivity index (χ2v) is 11.7. The number of nitrogens with zero attached hydrogens (tertiary/aromatic N) is 3. The maximum Gasteiger partial charge on any atom is 0.273 e. The summed E-state index contributed by atoms with van der Waals surface area (Å²) >= 11 is 3.06. The fraction of sp³-hybridized carbons (Fsp3) is 0.708. The maximum absolute atomic E-state index is 12.6. The van der Waals surface area contributed by atoms with Crippen molar-refractivity contribution in [2.24, 2.45) is 11.8 Å². The van der Waals surface area contributed by atoms with Gasteiger partial charge in [-0.25, -0.2) is 18.7 Å². The van der Waals surface area contributed by atoms with Crippen LogP contribution in [0.4, 0.5) is 8.78 Å². The van der Waals surface area contributed by atoms with E-state index in [1.165, 1.54) is 35.5 Å². The Morgan fingerprint density at radius 3 is 2.61 bits per heavy atom.